The fourth-order valence-corrected chi connectivity index (χ4v) is 2.21. The topological polar surface area (TPSA) is 83.0 Å². The van der Waals surface area contributed by atoms with Crippen molar-refractivity contribution in [2.24, 2.45) is 5.73 Å². The fourth-order valence-electron chi connectivity index (χ4n) is 2.08. The number of amides is 1. The normalized spacial score (nSPS) is 10.7. The van der Waals surface area contributed by atoms with E-state index >= 15 is 0 Å². The van der Waals surface area contributed by atoms with Gasteiger partial charge in [-0.25, -0.2) is 8.78 Å². The third-order valence-corrected chi connectivity index (χ3v) is 3.53. The molecule has 0 bridgehead atoms. The van der Waals surface area contributed by atoms with Gasteiger partial charge in [0.05, 0.1) is 11.9 Å². The van der Waals surface area contributed by atoms with Gasteiger partial charge in [-0.15, -0.1) is 5.10 Å². The molecular weight excluding hydrogens is 354 g/mol. The van der Waals surface area contributed by atoms with Crippen LogP contribution in [-0.4, -0.2) is 20.9 Å². The Morgan fingerprint density at radius 1 is 1.20 bits per heavy atom. The Balaban J connectivity index is 1.76. The van der Waals surface area contributed by atoms with E-state index in [9.17, 15) is 13.6 Å². The molecule has 1 aromatic heterocycles. The average Bonchev–Trinajstić information content (AvgIpc) is 3.03. The van der Waals surface area contributed by atoms with Gasteiger partial charge in [0.15, 0.2) is 11.6 Å². The van der Waals surface area contributed by atoms with Crippen LogP contribution in [0.3, 0.4) is 0 Å². The van der Waals surface area contributed by atoms with E-state index in [0.29, 0.717) is 16.4 Å². The number of primary amides is 1. The van der Waals surface area contributed by atoms with Crippen molar-refractivity contribution in [3.8, 4) is 11.4 Å². The zero-order chi connectivity index (χ0) is 18.0. The van der Waals surface area contributed by atoms with Crippen molar-refractivity contribution in [1.29, 1.82) is 0 Å². The number of nitrogens with zero attached hydrogens (tertiary/aromatic N) is 3. The van der Waals surface area contributed by atoms with Crippen molar-refractivity contribution in [3.63, 3.8) is 0 Å². The lowest BCUT2D eigenvalue weighted by molar-refractivity contribution is 0.0991. The van der Waals surface area contributed by atoms with Crippen molar-refractivity contribution < 1.29 is 18.3 Å². The Hall–Kier alpha value is -3.00. The molecule has 0 fully saturated rings. The monoisotopic (exact) mass is 364 g/mol. The SMILES string of the molecule is NC(=O)c1c(F)ccc(OCc2cnn(-c3ccc(Cl)cc3)n2)c1F. The maximum absolute atomic E-state index is 14.1. The molecule has 0 spiro atoms. The number of aromatic nitrogens is 3. The molecule has 2 aromatic carbocycles. The first-order valence-corrected chi connectivity index (χ1v) is 7.41. The lowest BCUT2D eigenvalue weighted by atomic mass is 10.1. The first kappa shape index (κ1) is 16.8. The van der Waals surface area contributed by atoms with E-state index in [-0.39, 0.29) is 12.4 Å². The van der Waals surface area contributed by atoms with Crippen LogP contribution in [0.15, 0.2) is 42.6 Å². The molecule has 0 unspecified atom stereocenters. The standard InChI is InChI=1S/C16H11ClF2N4O2/c17-9-1-3-11(4-2-9)23-21-7-10(22-23)8-25-13-6-5-12(18)14(15(13)19)16(20)24/h1-7H,8H2,(H2,20,24). The van der Waals surface area contributed by atoms with E-state index in [1.807, 2.05) is 0 Å². The van der Waals surface area contributed by atoms with Crippen molar-refractivity contribution in [2.45, 2.75) is 6.61 Å². The largest absolute Gasteiger partial charge is 0.484 e. The molecule has 0 aliphatic heterocycles. The van der Waals surface area contributed by atoms with E-state index in [4.69, 9.17) is 22.1 Å². The van der Waals surface area contributed by atoms with E-state index in [2.05, 4.69) is 10.2 Å². The van der Waals surface area contributed by atoms with E-state index in [0.717, 1.165) is 12.1 Å². The number of carbonyl (C=O) groups is 1. The molecule has 0 aliphatic carbocycles. The lowest BCUT2D eigenvalue weighted by Gasteiger charge is -2.08. The number of hydrogen-bond acceptors (Lipinski definition) is 4. The summed E-state index contributed by atoms with van der Waals surface area (Å²) in [6.07, 6.45) is 1.44. The van der Waals surface area contributed by atoms with Crippen LogP contribution in [0.1, 0.15) is 16.1 Å². The second kappa shape index (κ2) is 6.86. The number of carbonyl (C=O) groups excluding carboxylic acids is 1. The van der Waals surface area contributed by atoms with Crippen LogP contribution < -0.4 is 10.5 Å². The summed E-state index contributed by atoms with van der Waals surface area (Å²) in [6, 6.07) is 8.81. The van der Waals surface area contributed by atoms with E-state index in [1.54, 1.807) is 24.3 Å². The van der Waals surface area contributed by atoms with Gasteiger partial charge in [0.25, 0.3) is 5.91 Å². The number of ether oxygens (including phenoxy) is 1. The fraction of sp³-hybridized carbons (Fsp3) is 0.0625. The van der Waals surface area contributed by atoms with Gasteiger partial charge in [0.1, 0.15) is 23.7 Å². The number of rotatable bonds is 5. The van der Waals surface area contributed by atoms with Crippen LogP contribution in [0.5, 0.6) is 5.75 Å². The smallest absolute Gasteiger partial charge is 0.254 e. The van der Waals surface area contributed by atoms with Crippen LogP contribution in [-0.2, 0) is 6.61 Å². The molecule has 0 radical (unpaired) electrons. The minimum atomic E-state index is -1.21. The third kappa shape index (κ3) is 3.58. The summed E-state index contributed by atoms with van der Waals surface area (Å²) in [5.41, 5.74) is 5.20. The molecule has 6 nitrogen and oxygen atoms in total. The summed E-state index contributed by atoms with van der Waals surface area (Å²) < 4.78 is 32.8. The van der Waals surface area contributed by atoms with Crippen molar-refractivity contribution in [2.75, 3.05) is 0 Å². The molecular formula is C16H11ClF2N4O2. The number of halogens is 3. The highest BCUT2D eigenvalue weighted by Crippen LogP contribution is 2.23. The predicted molar refractivity (Wildman–Crippen MR) is 85.6 cm³/mol. The molecule has 128 valence electrons. The van der Waals surface area contributed by atoms with Gasteiger partial charge in [-0.1, -0.05) is 11.6 Å². The Bertz CT molecular complexity index is 928. The minimum absolute atomic E-state index is 0.131. The highest BCUT2D eigenvalue weighted by atomic mass is 35.5. The van der Waals surface area contributed by atoms with Crippen LogP contribution in [0.25, 0.3) is 5.69 Å². The Morgan fingerprint density at radius 3 is 2.60 bits per heavy atom. The molecule has 0 atom stereocenters. The summed E-state index contributed by atoms with van der Waals surface area (Å²) >= 11 is 5.82. The average molecular weight is 365 g/mol. The summed E-state index contributed by atoms with van der Waals surface area (Å²) in [7, 11) is 0. The number of nitrogens with two attached hydrogens (primary N) is 1. The second-order valence-electron chi connectivity index (χ2n) is 4.99. The van der Waals surface area contributed by atoms with Crippen LogP contribution in [0, 0.1) is 11.6 Å². The minimum Gasteiger partial charge on any atom is -0.484 e. The van der Waals surface area contributed by atoms with Crippen LogP contribution >= 0.6 is 11.6 Å². The Kier molecular flexibility index (Phi) is 4.62. The van der Waals surface area contributed by atoms with Gasteiger partial charge >= 0.3 is 0 Å². The lowest BCUT2D eigenvalue weighted by Crippen LogP contribution is -2.16. The van der Waals surface area contributed by atoms with E-state index in [1.165, 1.54) is 11.0 Å². The van der Waals surface area contributed by atoms with Crippen LogP contribution in [0.2, 0.25) is 5.02 Å². The van der Waals surface area contributed by atoms with Gasteiger partial charge in [-0.2, -0.15) is 9.90 Å². The van der Waals surface area contributed by atoms with Gasteiger partial charge in [0, 0.05) is 5.02 Å². The summed E-state index contributed by atoms with van der Waals surface area (Å²) in [5, 5.41) is 8.82. The molecule has 0 saturated heterocycles. The van der Waals surface area contributed by atoms with Crippen molar-refractivity contribution >= 4 is 17.5 Å². The molecule has 0 aliphatic rings. The zero-order valence-corrected chi connectivity index (χ0v) is 13.4. The molecule has 25 heavy (non-hydrogen) atoms. The highest BCUT2D eigenvalue weighted by molar-refractivity contribution is 6.30. The van der Waals surface area contributed by atoms with Gasteiger partial charge in [-0.05, 0) is 36.4 Å². The third-order valence-electron chi connectivity index (χ3n) is 3.27. The van der Waals surface area contributed by atoms with Gasteiger partial charge in [0.2, 0.25) is 0 Å². The summed E-state index contributed by atoms with van der Waals surface area (Å²) in [5.74, 6) is -3.73. The van der Waals surface area contributed by atoms with Gasteiger partial charge < -0.3 is 10.5 Å². The first-order chi connectivity index (χ1) is 12.0. The Labute approximate surface area is 145 Å². The number of benzene rings is 2. The highest BCUT2D eigenvalue weighted by Gasteiger charge is 2.19. The van der Waals surface area contributed by atoms with Gasteiger partial charge in [-0.3, -0.25) is 4.79 Å². The molecule has 3 rings (SSSR count). The maximum atomic E-state index is 14.1. The molecule has 3 aromatic rings. The molecule has 2 N–H and O–H groups in total. The summed E-state index contributed by atoms with van der Waals surface area (Å²) in [6.45, 7) is -0.131. The molecule has 1 heterocycles. The van der Waals surface area contributed by atoms with E-state index < -0.39 is 23.1 Å². The molecule has 0 saturated carbocycles. The first-order valence-electron chi connectivity index (χ1n) is 7.03. The van der Waals surface area contributed by atoms with Crippen molar-refractivity contribution in [3.05, 3.63) is 70.5 Å². The predicted octanol–water partition coefficient (Wildman–Crippen LogP) is 2.88. The maximum Gasteiger partial charge on any atom is 0.254 e. The zero-order valence-electron chi connectivity index (χ0n) is 12.6. The number of hydrogen-bond donors (Lipinski definition) is 1. The molecule has 9 heteroatoms. The van der Waals surface area contributed by atoms with Crippen LogP contribution in [0.4, 0.5) is 8.78 Å². The Morgan fingerprint density at radius 2 is 1.92 bits per heavy atom. The molecule has 1 amide bonds. The summed E-state index contributed by atoms with van der Waals surface area (Å²) in [4.78, 5) is 12.5. The van der Waals surface area contributed by atoms with Crippen molar-refractivity contribution in [1.82, 2.24) is 15.0 Å². The quantitative estimate of drug-likeness (QED) is 0.754. The second-order valence-corrected chi connectivity index (χ2v) is 5.43.